The predicted molar refractivity (Wildman–Crippen MR) is 58.2 cm³/mol. The number of aliphatic hydroxyl groups is 1. The molecule has 2 nitrogen and oxygen atoms in total. The molecule has 0 spiro atoms. The molecule has 0 aromatic carbocycles. The largest absolute Gasteiger partial charge is 0.380 e. The number of aromatic nitrogens is 1. The maximum Gasteiger partial charge on any atom is 0.141 e. The topological polar surface area (TPSA) is 33.1 Å². The van der Waals surface area contributed by atoms with Crippen LogP contribution in [0.2, 0.25) is 0 Å². The van der Waals surface area contributed by atoms with E-state index in [2.05, 4.69) is 20.9 Å². The Morgan fingerprint density at radius 1 is 1.38 bits per heavy atom. The predicted octanol–water partition coefficient (Wildman–Crippen LogP) is 3.05. The van der Waals surface area contributed by atoms with Crippen molar-refractivity contribution in [3.05, 3.63) is 37.4 Å². The SMILES string of the molecule is OC(c1nccs1)c1sccc1Br. The van der Waals surface area contributed by atoms with Gasteiger partial charge in [0.25, 0.3) is 0 Å². The zero-order chi connectivity index (χ0) is 9.26. The van der Waals surface area contributed by atoms with Crippen molar-refractivity contribution in [2.24, 2.45) is 0 Å². The molecular formula is C8H6BrNOS2. The first-order chi connectivity index (χ1) is 6.29. The van der Waals surface area contributed by atoms with Crippen LogP contribution in [0.1, 0.15) is 16.0 Å². The first-order valence-electron chi connectivity index (χ1n) is 3.59. The Kier molecular flexibility index (Phi) is 2.78. The van der Waals surface area contributed by atoms with E-state index in [1.807, 2.05) is 16.8 Å². The molecule has 2 heterocycles. The van der Waals surface area contributed by atoms with Gasteiger partial charge in [-0.25, -0.2) is 4.98 Å². The number of hydrogen-bond acceptors (Lipinski definition) is 4. The maximum absolute atomic E-state index is 9.88. The zero-order valence-corrected chi connectivity index (χ0v) is 9.69. The molecule has 0 aliphatic carbocycles. The third-order valence-electron chi connectivity index (χ3n) is 1.58. The van der Waals surface area contributed by atoms with Crippen LogP contribution in [0.15, 0.2) is 27.5 Å². The van der Waals surface area contributed by atoms with Gasteiger partial charge in [-0.1, -0.05) is 0 Å². The molecule has 0 bridgehead atoms. The lowest BCUT2D eigenvalue weighted by molar-refractivity contribution is 0.223. The lowest BCUT2D eigenvalue weighted by Gasteiger charge is -2.04. The Bertz CT molecular complexity index is 385. The maximum atomic E-state index is 9.88. The second-order valence-electron chi connectivity index (χ2n) is 2.41. The van der Waals surface area contributed by atoms with E-state index in [1.54, 1.807) is 6.20 Å². The quantitative estimate of drug-likeness (QED) is 0.914. The summed E-state index contributed by atoms with van der Waals surface area (Å²) in [5, 5.41) is 14.4. The Balaban J connectivity index is 2.33. The van der Waals surface area contributed by atoms with Gasteiger partial charge in [0.05, 0.1) is 4.88 Å². The van der Waals surface area contributed by atoms with Gasteiger partial charge in [-0.2, -0.15) is 0 Å². The van der Waals surface area contributed by atoms with Crippen molar-refractivity contribution in [1.82, 2.24) is 4.98 Å². The van der Waals surface area contributed by atoms with Crippen molar-refractivity contribution in [3.8, 4) is 0 Å². The Morgan fingerprint density at radius 2 is 2.23 bits per heavy atom. The van der Waals surface area contributed by atoms with Crippen molar-refractivity contribution in [3.63, 3.8) is 0 Å². The fraction of sp³-hybridized carbons (Fsp3) is 0.125. The molecule has 0 aliphatic heterocycles. The monoisotopic (exact) mass is 275 g/mol. The van der Waals surface area contributed by atoms with Gasteiger partial charge in [0, 0.05) is 16.0 Å². The Labute approximate surface area is 92.0 Å². The van der Waals surface area contributed by atoms with Crippen LogP contribution >= 0.6 is 38.6 Å². The van der Waals surface area contributed by atoms with E-state index in [-0.39, 0.29) is 0 Å². The van der Waals surface area contributed by atoms with Crippen LogP contribution in [0.3, 0.4) is 0 Å². The van der Waals surface area contributed by atoms with E-state index in [0.717, 1.165) is 14.4 Å². The number of hydrogen-bond donors (Lipinski definition) is 1. The van der Waals surface area contributed by atoms with E-state index >= 15 is 0 Å². The molecule has 13 heavy (non-hydrogen) atoms. The molecule has 0 amide bonds. The second-order valence-corrected chi connectivity index (χ2v) is 5.13. The van der Waals surface area contributed by atoms with Crippen LogP contribution in [0.25, 0.3) is 0 Å². The highest BCUT2D eigenvalue weighted by molar-refractivity contribution is 9.10. The van der Waals surface area contributed by atoms with Crippen LogP contribution in [0.5, 0.6) is 0 Å². The first kappa shape index (κ1) is 9.33. The summed E-state index contributed by atoms with van der Waals surface area (Å²) in [7, 11) is 0. The average Bonchev–Trinajstić information content (AvgIpc) is 2.72. The third kappa shape index (κ3) is 1.83. The van der Waals surface area contributed by atoms with Crippen LogP contribution < -0.4 is 0 Å². The van der Waals surface area contributed by atoms with Gasteiger partial charge >= 0.3 is 0 Å². The summed E-state index contributed by atoms with van der Waals surface area (Å²) in [4.78, 5) is 4.98. The van der Waals surface area contributed by atoms with Crippen molar-refractivity contribution in [2.45, 2.75) is 6.10 Å². The highest BCUT2D eigenvalue weighted by Crippen LogP contribution is 2.33. The number of aliphatic hydroxyl groups excluding tert-OH is 1. The van der Waals surface area contributed by atoms with Crippen LogP contribution in [-0.2, 0) is 0 Å². The van der Waals surface area contributed by atoms with E-state index in [1.165, 1.54) is 22.7 Å². The zero-order valence-electron chi connectivity index (χ0n) is 6.48. The smallest absolute Gasteiger partial charge is 0.141 e. The van der Waals surface area contributed by atoms with Crippen molar-refractivity contribution in [1.29, 1.82) is 0 Å². The molecule has 2 aromatic rings. The van der Waals surface area contributed by atoms with Crippen LogP contribution in [0.4, 0.5) is 0 Å². The minimum absolute atomic E-state index is 0.589. The van der Waals surface area contributed by atoms with Crippen molar-refractivity contribution < 1.29 is 5.11 Å². The molecular weight excluding hydrogens is 270 g/mol. The molecule has 2 aromatic heterocycles. The summed E-state index contributed by atoms with van der Waals surface area (Å²) >= 11 is 6.37. The second kappa shape index (κ2) is 3.88. The number of halogens is 1. The van der Waals surface area contributed by atoms with E-state index in [4.69, 9.17) is 0 Å². The van der Waals surface area contributed by atoms with Gasteiger partial charge in [-0.05, 0) is 27.4 Å². The van der Waals surface area contributed by atoms with Gasteiger partial charge in [0.15, 0.2) is 0 Å². The lowest BCUT2D eigenvalue weighted by atomic mass is 10.3. The summed E-state index contributed by atoms with van der Waals surface area (Å²) in [6.45, 7) is 0. The number of thiophene rings is 1. The van der Waals surface area contributed by atoms with Gasteiger partial charge in [-0.3, -0.25) is 0 Å². The van der Waals surface area contributed by atoms with Crippen molar-refractivity contribution in [2.75, 3.05) is 0 Å². The third-order valence-corrected chi connectivity index (χ3v) is 4.33. The number of thiazole rings is 1. The molecule has 0 fully saturated rings. The molecule has 1 unspecified atom stereocenters. The molecule has 5 heteroatoms. The van der Waals surface area contributed by atoms with Crippen LogP contribution in [0, 0.1) is 0 Å². The number of rotatable bonds is 2. The number of nitrogens with zero attached hydrogens (tertiary/aromatic N) is 1. The molecule has 0 saturated heterocycles. The Morgan fingerprint density at radius 3 is 2.77 bits per heavy atom. The summed E-state index contributed by atoms with van der Waals surface area (Å²) in [5.41, 5.74) is 0. The molecule has 1 atom stereocenters. The van der Waals surface area contributed by atoms with E-state index in [9.17, 15) is 5.11 Å². The fourth-order valence-corrected chi connectivity index (χ4v) is 3.26. The van der Waals surface area contributed by atoms with Gasteiger partial charge in [0.1, 0.15) is 11.1 Å². The van der Waals surface area contributed by atoms with Gasteiger partial charge in [0.2, 0.25) is 0 Å². The van der Waals surface area contributed by atoms with E-state index in [0.29, 0.717) is 0 Å². The van der Waals surface area contributed by atoms with Gasteiger partial charge < -0.3 is 5.11 Å². The highest BCUT2D eigenvalue weighted by Gasteiger charge is 2.16. The van der Waals surface area contributed by atoms with E-state index < -0.39 is 6.10 Å². The molecule has 0 aliphatic rings. The lowest BCUT2D eigenvalue weighted by Crippen LogP contribution is -1.96. The minimum atomic E-state index is -0.589. The first-order valence-corrected chi connectivity index (χ1v) is 6.14. The summed E-state index contributed by atoms with van der Waals surface area (Å²) in [6.07, 6.45) is 1.11. The highest BCUT2D eigenvalue weighted by atomic mass is 79.9. The van der Waals surface area contributed by atoms with Gasteiger partial charge in [-0.15, -0.1) is 22.7 Å². The minimum Gasteiger partial charge on any atom is -0.380 e. The molecule has 2 rings (SSSR count). The molecule has 0 saturated carbocycles. The fourth-order valence-electron chi connectivity index (χ4n) is 0.982. The molecule has 0 radical (unpaired) electrons. The normalized spacial score (nSPS) is 13.1. The molecule has 1 N–H and O–H groups in total. The Hall–Kier alpha value is -0.230. The average molecular weight is 276 g/mol. The summed E-state index contributed by atoms with van der Waals surface area (Å²) < 4.78 is 0.945. The summed E-state index contributed by atoms with van der Waals surface area (Å²) in [6, 6.07) is 1.93. The van der Waals surface area contributed by atoms with Crippen LogP contribution in [-0.4, -0.2) is 10.1 Å². The molecule has 68 valence electrons. The summed E-state index contributed by atoms with van der Waals surface area (Å²) in [5.74, 6) is 0. The standard InChI is InChI=1S/C8H6BrNOS2/c9-5-1-3-12-7(5)6(11)8-10-2-4-13-8/h1-4,6,11H. The van der Waals surface area contributed by atoms with Crippen molar-refractivity contribution >= 4 is 38.6 Å².